The van der Waals surface area contributed by atoms with E-state index in [0.29, 0.717) is 0 Å². The van der Waals surface area contributed by atoms with Crippen LogP contribution in [-0.4, -0.2) is 0 Å². The number of rotatable bonds is 17. The molecule has 0 bridgehead atoms. The molecule has 0 heterocycles. The molecule has 153 valence electrons. The number of allylic oxidation sites excluding steroid dienone is 4. The molecule has 0 spiro atoms. The molecule has 0 aromatic heterocycles. The van der Waals surface area contributed by atoms with Gasteiger partial charge in [-0.2, -0.15) is 0 Å². The third-order valence-electron chi connectivity index (χ3n) is 5.33. The zero-order chi connectivity index (χ0) is 17.3. The molecule has 0 radical (unpaired) electrons. The molecule has 0 atom stereocenters. The molecule has 0 nitrogen and oxygen atoms in total. The van der Waals surface area contributed by atoms with Crippen molar-refractivity contribution in [3.63, 3.8) is 0 Å². The summed E-state index contributed by atoms with van der Waals surface area (Å²) in [5, 5.41) is 0. The summed E-state index contributed by atoms with van der Waals surface area (Å²) >= 11 is 1.63. The average molecular weight is 482 g/mol. The van der Waals surface area contributed by atoms with E-state index in [9.17, 15) is 0 Å². The summed E-state index contributed by atoms with van der Waals surface area (Å²) in [5.74, 6) is 0. The number of hydrogen-bond acceptors (Lipinski definition) is 0. The van der Waals surface area contributed by atoms with Crippen molar-refractivity contribution in [2.75, 3.05) is 0 Å². The van der Waals surface area contributed by atoms with Gasteiger partial charge in [0.15, 0.2) is 0 Å². The van der Waals surface area contributed by atoms with Gasteiger partial charge in [0.1, 0.15) is 0 Å². The van der Waals surface area contributed by atoms with Crippen LogP contribution < -0.4 is 0 Å². The van der Waals surface area contributed by atoms with E-state index in [4.69, 9.17) is 0 Å². The van der Waals surface area contributed by atoms with Crippen LogP contribution in [0.4, 0.5) is 0 Å². The van der Waals surface area contributed by atoms with Crippen molar-refractivity contribution in [2.24, 2.45) is 0 Å². The summed E-state index contributed by atoms with van der Waals surface area (Å²) in [6.45, 7) is 2.30. The average Bonchev–Trinajstić information content (AvgIpc) is 2.99. The van der Waals surface area contributed by atoms with Crippen LogP contribution in [0.5, 0.6) is 0 Å². The van der Waals surface area contributed by atoms with Crippen molar-refractivity contribution in [2.45, 2.75) is 122 Å². The van der Waals surface area contributed by atoms with Crippen molar-refractivity contribution in [1.82, 2.24) is 0 Å². The van der Waals surface area contributed by atoms with Crippen molar-refractivity contribution in [3.8, 4) is 0 Å². The van der Waals surface area contributed by atoms with Crippen LogP contribution in [0.25, 0.3) is 0 Å². The minimum atomic E-state index is 0. The van der Waals surface area contributed by atoms with Gasteiger partial charge in [0.05, 0.1) is 0 Å². The summed E-state index contributed by atoms with van der Waals surface area (Å²) in [6, 6.07) is 0. The van der Waals surface area contributed by atoms with Gasteiger partial charge in [0.25, 0.3) is 0 Å². The van der Waals surface area contributed by atoms with E-state index < -0.39 is 0 Å². The molecule has 3 heteroatoms. The van der Waals surface area contributed by atoms with Crippen LogP contribution in [0.15, 0.2) is 21.0 Å². The first kappa shape index (κ1) is 29.1. The van der Waals surface area contributed by atoms with Gasteiger partial charge < -0.3 is 0 Å². The van der Waals surface area contributed by atoms with Crippen LogP contribution >= 0.6 is 24.8 Å². The predicted molar refractivity (Wildman–Crippen MR) is 119 cm³/mol. The topological polar surface area (TPSA) is 0 Å². The molecule has 1 aliphatic carbocycles. The SMILES string of the molecule is CCCCCCCCCCCCCCCCCCC1=[C]([Zr])CC=C1.Cl.Cl. The van der Waals surface area contributed by atoms with Gasteiger partial charge in [-0.15, -0.1) is 24.8 Å². The molecular weight excluding hydrogens is 438 g/mol. The Hall–Kier alpha value is 0.943. The fourth-order valence-corrected chi connectivity index (χ4v) is 4.45. The van der Waals surface area contributed by atoms with E-state index in [1.807, 2.05) is 0 Å². The number of unbranched alkanes of at least 4 members (excludes halogenated alkanes) is 15. The van der Waals surface area contributed by atoms with E-state index in [1.54, 1.807) is 33.6 Å². The van der Waals surface area contributed by atoms with Crippen molar-refractivity contribution in [3.05, 3.63) is 21.0 Å². The third kappa shape index (κ3) is 17.1. The van der Waals surface area contributed by atoms with E-state index in [-0.39, 0.29) is 24.8 Å². The Kier molecular flexibility index (Phi) is 24.9. The van der Waals surface area contributed by atoms with Crippen LogP contribution in [0.1, 0.15) is 122 Å². The molecule has 1 rings (SSSR count). The molecule has 0 saturated heterocycles. The molecule has 26 heavy (non-hydrogen) atoms. The van der Waals surface area contributed by atoms with Crippen LogP contribution in [0.2, 0.25) is 0 Å². The van der Waals surface area contributed by atoms with Gasteiger partial charge in [-0.25, -0.2) is 0 Å². The maximum absolute atomic E-state index is 2.37. The van der Waals surface area contributed by atoms with Crippen LogP contribution in [0.3, 0.4) is 0 Å². The predicted octanol–water partition coefficient (Wildman–Crippen LogP) is 9.24. The Bertz CT molecular complexity index is 350. The minimum absolute atomic E-state index is 0. The molecule has 0 N–H and O–H groups in total. The Morgan fingerprint density at radius 2 is 1.04 bits per heavy atom. The fraction of sp³-hybridized carbons (Fsp3) is 0.826. The third-order valence-corrected chi connectivity index (χ3v) is 6.62. The second kappa shape index (κ2) is 22.2. The second-order valence-electron chi connectivity index (χ2n) is 7.66. The maximum Gasteiger partial charge on any atom is -0.147 e. The summed E-state index contributed by atoms with van der Waals surface area (Å²) in [4.78, 5) is 0. The van der Waals surface area contributed by atoms with Gasteiger partial charge in [0, 0.05) is 0 Å². The molecule has 0 aromatic carbocycles. The Morgan fingerprint density at radius 1 is 0.654 bits per heavy atom. The zero-order valence-corrected chi connectivity index (χ0v) is 21.3. The first-order valence-electron chi connectivity index (χ1n) is 10.9. The van der Waals surface area contributed by atoms with Crippen LogP contribution in [-0.2, 0) is 24.7 Å². The number of hydrogen-bond donors (Lipinski definition) is 0. The van der Waals surface area contributed by atoms with E-state index in [2.05, 4.69) is 19.1 Å². The van der Waals surface area contributed by atoms with E-state index in [0.717, 1.165) is 0 Å². The van der Waals surface area contributed by atoms with Crippen molar-refractivity contribution < 1.29 is 24.7 Å². The van der Waals surface area contributed by atoms with Gasteiger partial charge in [0.2, 0.25) is 0 Å². The smallest absolute Gasteiger partial charge is 0.147 e. The molecule has 0 aromatic rings. The fourth-order valence-electron chi connectivity index (χ4n) is 3.65. The zero-order valence-electron chi connectivity index (χ0n) is 17.2. The summed E-state index contributed by atoms with van der Waals surface area (Å²) in [6.07, 6.45) is 30.7. The van der Waals surface area contributed by atoms with Gasteiger partial charge in [-0.05, 0) is 0 Å². The largest absolute Gasteiger partial charge is 0.147 e. The van der Waals surface area contributed by atoms with Crippen LogP contribution in [0, 0.1) is 0 Å². The normalized spacial score (nSPS) is 12.9. The van der Waals surface area contributed by atoms with Crippen molar-refractivity contribution >= 4 is 24.8 Å². The van der Waals surface area contributed by atoms with Crippen molar-refractivity contribution in [1.29, 1.82) is 0 Å². The Balaban J connectivity index is 0. The van der Waals surface area contributed by atoms with Gasteiger partial charge in [-0.3, -0.25) is 0 Å². The maximum atomic E-state index is 2.37. The quantitative estimate of drug-likeness (QED) is 0.182. The van der Waals surface area contributed by atoms with E-state index >= 15 is 0 Å². The first-order chi connectivity index (χ1) is 11.8. The molecule has 1 aliphatic rings. The second-order valence-corrected chi connectivity index (χ2v) is 9.15. The monoisotopic (exact) mass is 479 g/mol. The molecule has 0 fully saturated rings. The molecule has 0 aliphatic heterocycles. The number of halogens is 2. The Labute approximate surface area is 192 Å². The molecule has 0 amide bonds. The standard InChI is InChI=1S/C23H41.2ClH.Zr/c1-2-3-4-5-6-7-8-9-10-11-12-13-14-15-16-17-20-23-21-18-19-22-23;;;/h18,21H,2-17,19-20H2,1H3;2*1H;. The summed E-state index contributed by atoms with van der Waals surface area (Å²) < 4.78 is 1.70. The summed E-state index contributed by atoms with van der Waals surface area (Å²) in [7, 11) is 0. The minimum Gasteiger partial charge on any atom is -0.147 e. The van der Waals surface area contributed by atoms with E-state index in [1.165, 1.54) is 116 Å². The molecule has 0 unspecified atom stereocenters. The summed E-state index contributed by atoms with van der Waals surface area (Å²) in [5.41, 5.74) is 1.67. The van der Waals surface area contributed by atoms with Gasteiger partial charge >= 0.3 is 116 Å². The Morgan fingerprint density at radius 3 is 1.38 bits per heavy atom. The molecule has 0 saturated carbocycles. The first-order valence-corrected chi connectivity index (χ1v) is 12.2. The molecular formula is C23H43Cl2Zr. The van der Waals surface area contributed by atoms with Gasteiger partial charge in [-0.1, -0.05) is 51.9 Å².